The molecule has 19 heavy (non-hydrogen) atoms. The number of nitrogens with zero attached hydrogens (tertiary/aromatic N) is 1. The molecule has 0 saturated heterocycles. The van der Waals surface area contributed by atoms with Gasteiger partial charge in [-0.25, -0.2) is 9.18 Å². The molecule has 1 aromatic heterocycles. The van der Waals surface area contributed by atoms with E-state index in [0.717, 1.165) is 16.2 Å². The number of amides is 3. The van der Waals surface area contributed by atoms with Gasteiger partial charge in [-0.05, 0) is 23.6 Å². The first-order valence-corrected chi connectivity index (χ1v) is 6.11. The molecular formula is C12H10FN3O2S. The second kappa shape index (κ2) is 5.07. The molecule has 0 aliphatic heterocycles. The molecule has 1 heterocycles. The number of para-hydroxylation sites is 1. The highest BCUT2D eigenvalue weighted by molar-refractivity contribution is 7.15. The van der Waals surface area contributed by atoms with E-state index in [0.29, 0.717) is 0 Å². The molecule has 0 saturated carbocycles. The average Bonchev–Trinajstić information content (AvgIpc) is 2.80. The molecule has 5 nitrogen and oxygen atoms in total. The average molecular weight is 279 g/mol. The summed E-state index contributed by atoms with van der Waals surface area (Å²) in [5, 5.41) is 1.77. The highest BCUT2D eigenvalue weighted by Gasteiger charge is 2.24. The number of rotatable bonds is 3. The van der Waals surface area contributed by atoms with Gasteiger partial charge in [-0.2, -0.15) is 0 Å². The van der Waals surface area contributed by atoms with Gasteiger partial charge in [0.05, 0.1) is 11.3 Å². The van der Waals surface area contributed by atoms with Gasteiger partial charge in [0.25, 0.3) is 5.91 Å². The van der Waals surface area contributed by atoms with Gasteiger partial charge in [0.15, 0.2) is 0 Å². The molecule has 4 N–H and O–H groups in total. The fourth-order valence-electron chi connectivity index (χ4n) is 1.62. The maximum atomic E-state index is 13.8. The first kappa shape index (κ1) is 13.0. The largest absolute Gasteiger partial charge is 0.366 e. The first-order valence-electron chi connectivity index (χ1n) is 5.23. The Morgan fingerprint density at radius 3 is 2.42 bits per heavy atom. The van der Waals surface area contributed by atoms with E-state index in [-0.39, 0.29) is 16.3 Å². The Morgan fingerprint density at radius 1 is 1.16 bits per heavy atom. The number of hydrogen-bond donors (Lipinski definition) is 2. The van der Waals surface area contributed by atoms with Gasteiger partial charge in [0, 0.05) is 0 Å². The molecule has 1 aromatic carbocycles. The van der Waals surface area contributed by atoms with Crippen LogP contribution >= 0.6 is 11.3 Å². The van der Waals surface area contributed by atoms with Crippen molar-refractivity contribution in [3.63, 3.8) is 0 Å². The van der Waals surface area contributed by atoms with E-state index in [4.69, 9.17) is 11.5 Å². The van der Waals surface area contributed by atoms with E-state index in [9.17, 15) is 14.0 Å². The topological polar surface area (TPSA) is 89.4 Å². The van der Waals surface area contributed by atoms with Crippen molar-refractivity contribution >= 4 is 34.0 Å². The Kier molecular flexibility index (Phi) is 3.48. The van der Waals surface area contributed by atoms with Crippen molar-refractivity contribution in [1.29, 1.82) is 0 Å². The Labute approximate surface area is 112 Å². The zero-order valence-corrected chi connectivity index (χ0v) is 10.5. The normalized spacial score (nSPS) is 10.2. The molecule has 0 aliphatic carbocycles. The fraction of sp³-hybridized carbons (Fsp3) is 0. The summed E-state index contributed by atoms with van der Waals surface area (Å²) >= 11 is 1.08. The fourth-order valence-corrected chi connectivity index (χ4v) is 2.55. The molecule has 7 heteroatoms. The lowest BCUT2D eigenvalue weighted by molar-refractivity contribution is 0.100. The molecule has 0 unspecified atom stereocenters. The standard InChI is InChI=1S/C12H10FN3O2S/c13-8-3-1-2-4-9(8)16(12(15)18)11-7(10(14)17)5-6-19-11/h1-6H,(H2,14,17)(H2,15,18). The van der Waals surface area contributed by atoms with Crippen LogP contribution in [0.15, 0.2) is 35.7 Å². The third kappa shape index (κ3) is 2.41. The molecule has 3 amide bonds. The van der Waals surface area contributed by atoms with Gasteiger partial charge in [-0.1, -0.05) is 12.1 Å². The maximum absolute atomic E-state index is 13.8. The molecule has 2 aromatic rings. The number of nitrogens with two attached hydrogens (primary N) is 2. The highest BCUT2D eigenvalue weighted by atomic mass is 32.1. The number of hydrogen-bond acceptors (Lipinski definition) is 3. The molecule has 0 aliphatic rings. The molecule has 0 atom stereocenters. The first-order chi connectivity index (χ1) is 9.02. The summed E-state index contributed by atoms with van der Waals surface area (Å²) in [7, 11) is 0. The summed E-state index contributed by atoms with van der Waals surface area (Å²) in [5.41, 5.74) is 10.6. The number of carbonyl (C=O) groups excluding carboxylic acids is 2. The lowest BCUT2D eigenvalue weighted by Crippen LogP contribution is -2.33. The summed E-state index contributed by atoms with van der Waals surface area (Å²) < 4.78 is 13.8. The van der Waals surface area contributed by atoms with Crippen molar-refractivity contribution in [2.24, 2.45) is 11.5 Å². The van der Waals surface area contributed by atoms with Crippen LogP contribution < -0.4 is 16.4 Å². The van der Waals surface area contributed by atoms with Crippen LogP contribution in [-0.4, -0.2) is 11.9 Å². The third-order valence-corrected chi connectivity index (χ3v) is 3.32. The molecule has 0 fully saturated rings. The molecule has 2 rings (SSSR count). The van der Waals surface area contributed by atoms with Crippen LogP contribution in [0.2, 0.25) is 0 Å². The molecule has 0 spiro atoms. The summed E-state index contributed by atoms with van der Waals surface area (Å²) in [4.78, 5) is 23.8. The second-order valence-electron chi connectivity index (χ2n) is 3.63. The van der Waals surface area contributed by atoms with Gasteiger partial charge >= 0.3 is 6.03 Å². The van der Waals surface area contributed by atoms with Gasteiger partial charge in [0.2, 0.25) is 0 Å². The second-order valence-corrected chi connectivity index (χ2v) is 4.52. The van der Waals surface area contributed by atoms with Crippen molar-refractivity contribution in [2.75, 3.05) is 4.90 Å². The van der Waals surface area contributed by atoms with Crippen molar-refractivity contribution < 1.29 is 14.0 Å². The predicted octanol–water partition coefficient (Wildman–Crippen LogP) is 2.20. The van der Waals surface area contributed by atoms with Crippen LogP contribution in [-0.2, 0) is 0 Å². The number of urea groups is 1. The number of benzene rings is 1. The van der Waals surface area contributed by atoms with Crippen molar-refractivity contribution in [1.82, 2.24) is 0 Å². The zero-order valence-electron chi connectivity index (χ0n) is 9.67. The van der Waals surface area contributed by atoms with Crippen LogP contribution in [0, 0.1) is 5.82 Å². The minimum absolute atomic E-state index is 0.0278. The Morgan fingerprint density at radius 2 is 1.84 bits per heavy atom. The summed E-state index contributed by atoms with van der Waals surface area (Å²) in [5.74, 6) is -1.33. The summed E-state index contributed by atoms with van der Waals surface area (Å²) in [6, 6.07) is 6.20. The number of thiophene rings is 1. The van der Waals surface area contributed by atoms with Crippen LogP contribution in [0.4, 0.5) is 19.9 Å². The Bertz CT molecular complexity index is 641. The molecule has 0 bridgehead atoms. The van der Waals surface area contributed by atoms with Gasteiger partial charge < -0.3 is 11.5 Å². The molecule has 98 valence electrons. The zero-order chi connectivity index (χ0) is 14.0. The van der Waals surface area contributed by atoms with E-state index in [1.54, 1.807) is 11.4 Å². The molecule has 0 radical (unpaired) electrons. The van der Waals surface area contributed by atoms with Crippen molar-refractivity contribution in [3.8, 4) is 0 Å². The highest BCUT2D eigenvalue weighted by Crippen LogP contribution is 2.34. The monoisotopic (exact) mass is 279 g/mol. The number of anilines is 2. The smallest absolute Gasteiger partial charge is 0.324 e. The van der Waals surface area contributed by atoms with Crippen molar-refractivity contribution in [3.05, 3.63) is 47.1 Å². The van der Waals surface area contributed by atoms with E-state index in [2.05, 4.69) is 0 Å². The van der Waals surface area contributed by atoms with E-state index >= 15 is 0 Å². The van der Waals surface area contributed by atoms with Crippen LogP contribution in [0.1, 0.15) is 10.4 Å². The predicted molar refractivity (Wildman–Crippen MR) is 71.0 cm³/mol. The van der Waals surface area contributed by atoms with E-state index < -0.39 is 17.8 Å². The quantitative estimate of drug-likeness (QED) is 0.901. The van der Waals surface area contributed by atoms with Crippen molar-refractivity contribution in [2.45, 2.75) is 0 Å². The summed E-state index contributed by atoms with van der Waals surface area (Å²) in [6.45, 7) is 0. The Balaban J connectivity index is 2.59. The Hall–Kier alpha value is -2.41. The van der Waals surface area contributed by atoms with E-state index in [1.165, 1.54) is 24.3 Å². The van der Waals surface area contributed by atoms with Crippen LogP contribution in [0.3, 0.4) is 0 Å². The van der Waals surface area contributed by atoms with Gasteiger partial charge in [0.1, 0.15) is 10.8 Å². The number of halogens is 1. The van der Waals surface area contributed by atoms with Gasteiger partial charge in [-0.15, -0.1) is 11.3 Å². The lowest BCUT2D eigenvalue weighted by atomic mass is 10.2. The van der Waals surface area contributed by atoms with E-state index in [1.807, 2.05) is 0 Å². The summed E-state index contributed by atoms with van der Waals surface area (Å²) in [6.07, 6.45) is 0. The number of carbonyl (C=O) groups is 2. The lowest BCUT2D eigenvalue weighted by Gasteiger charge is -2.20. The third-order valence-electron chi connectivity index (χ3n) is 2.43. The maximum Gasteiger partial charge on any atom is 0.324 e. The molecular weight excluding hydrogens is 269 g/mol. The van der Waals surface area contributed by atoms with Crippen LogP contribution in [0.5, 0.6) is 0 Å². The number of primary amides is 2. The van der Waals surface area contributed by atoms with Crippen LogP contribution in [0.25, 0.3) is 0 Å². The SMILES string of the molecule is NC(=O)c1ccsc1N(C(N)=O)c1ccccc1F. The minimum atomic E-state index is -0.893. The van der Waals surface area contributed by atoms with Gasteiger partial charge in [-0.3, -0.25) is 9.69 Å². The minimum Gasteiger partial charge on any atom is -0.366 e.